The number of thioether (sulfide) groups is 2. The van der Waals surface area contributed by atoms with E-state index in [2.05, 4.69) is 0 Å². The highest BCUT2D eigenvalue weighted by Gasteiger charge is 2.39. The highest BCUT2D eigenvalue weighted by atomic mass is 32.2. The molecule has 0 aliphatic carbocycles. The van der Waals surface area contributed by atoms with E-state index in [1.54, 1.807) is 18.4 Å². The zero-order valence-corrected chi connectivity index (χ0v) is 13.0. The fraction of sp³-hybridized carbons (Fsp3) is 0.250. The van der Waals surface area contributed by atoms with E-state index in [-0.39, 0.29) is 0 Å². The quantitative estimate of drug-likeness (QED) is 0.693. The minimum atomic E-state index is -2.76. The van der Waals surface area contributed by atoms with Crippen LogP contribution in [-0.2, 0) is 0 Å². The highest BCUT2D eigenvalue weighted by Crippen LogP contribution is 2.47. The summed E-state index contributed by atoms with van der Waals surface area (Å²) in [7, 11) is 0. The molecule has 0 heterocycles. The smallest absolute Gasteiger partial charge is 0.193 e. The summed E-state index contributed by atoms with van der Waals surface area (Å²) in [6, 6.07) is 17.3. The first-order chi connectivity index (χ1) is 9.58. The maximum Gasteiger partial charge on any atom is 0.309 e. The van der Waals surface area contributed by atoms with Crippen molar-refractivity contribution in [3.63, 3.8) is 0 Å². The van der Waals surface area contributed by atoms with Gasteiger partial charge in [0.2, 0.25) is 0 Å². The van der Waals surface area contributed by atoms with Gasteiger partial charge in [0, 0.05) is 0 Å². The van der Waals surface area contributed by atoms with Gasteiger partial charge in [-0.2, -0.15) is 8.78 Å². The maximum absolute atomic E-state index is 13.9. The van der Waals surface area contributed by atoms with Crippen LogP contribution in [0, 0.1) is 0 Å². The van der Waals surface area contributed by atoms with Crippen molar-refractivity contribution in [1.82, 2.24) is 0 Å². The summed E-state index contributed by atoms with van der Waals surface area (Å²) in [5.74, 6) is 0. The van der Waals surface area contributed by atoms with Crippen LogP contribution in [0.15, 0.2) is 54.6 Å². The molecule has 2 aromatic rings. The van der Waals surface area contributed by atoms with E-state index in [0.29, 0.717) is 17.3 Å². The number of alkyl halides is 2. The molecule has 0 aliphatic heterocycles. The summed E-state index contributed by atoms with van der Waals surface area (Å²) in [4.78, 5) is 0. The Balaban J connectivity index is 2.28. The van der Waals surface area contributed by atoms with Crippen LogP contribution in [0.25, 0.3) is 11.1 Å². The zero-order chi connectivity index (χ0) is 14.6. The Morgan fingerprint density at radius 3 is 1.90 bits per heavy atom. The Morgan fingerprint density at radius 2 is 1.40 bits per heavy atom. The zero-order valence-electron chi connectivity index (χ0n) is 11.3. The Morgan fingerprint density at radius 1 is 0.850 bits per heavy atom. The standard InChI is InChI=1S/C16H16F2S2/c1-19-15(16(17,18)20-2)14-10-8-13(9-11-14)12-6-4-3-5-7-12/h3-11,15H,1-2H3. The molecule has 1 unspecified atom stereocenters. The van der Waals surface area contributed by atoms with Crippen molar-refractivity contribution in [1.29, 1.82) is 0 Å². The largest absolute Gasteiger partial charge is 0.309 e. The topological polar surface area (TPSA) is 0 Å². The van der Waals surface area contributed by atoms with Crippen LogP contribution in [0.4, 0.5) is 8.78 Å². The Hall–Kier alpha value is -1.00. The van der Waals surface area contributed by atoms with Gasteiger partial charge in [0.1, 0.15) is 5.25 Å². The lowest BCUT2D eigenvalue weighted by atomic mass is 10.0. The van der Waals surface area contributed by atoms with Gasteiger partial charge in [0.15, 0.2) is 0 Å². The summed E-state index contributed by atoms with van der Waals surface area (Å²) in [5.41, 5.74) is 2.80. The van der Waals surface area contributed by atoms with E-state index >= 15 is 0 Å². The van der Waals surface area contributed by atoms with E-state index in [0.717, 1.165) is 11.1 Å². The SMILES string of the molecule is CSC(c1ccc(-c2ccccc2)cc1)C(F)(F)SC. The molecule has 0 aromatic heterocycles. The second-order valence-electron chi connectivity index (χ2n) is 4.37. The molecule has 0 radical (unpaired) electrons. The maximum atomic E-state index is 13.9. The van der Waals surface area contributed by atoms with E-state index < -0.39 is 10.5 Å². The number of halogens is 2. The molecule has 1 atom stereocenters. The lowest BCUT2D eigenvalue weighted by Gasteiger charge is -2.24. The fourth-order valence-electron chi connectivity index (χ4n) is 2.06. The number of hydrogen-bond acceptors (Lipinski definition) is 2. The predicted octanol–water partition coefficient (Wildman–Crippen LogP) is 5.71. The van der Waals surface area contributed by atoms with Gasteiger partial charge in [-0.05, 0) is 29.2 Å². The first-order valence-electron chi connectivity index (χ1n) is 6.19. The summed E-state index contributed by atoms with van der Waals surface area (Å²) in [5, 5.41) is -3.57. The van der Waals surface area contributed by atoms with Gasteiger partial charge in [-0.1, -0.05) is 66.4 Å². The first-order valence-corrected chi connectivity index (χ1v) is 8.71. The fourth-order valence-corrected chi connectivity index (χ4v) is 3.69. The van der Waals surface area contributed by atoms with Crippen LogP contribution in [-0.4, -0.2) is 17.8 Å². The van der Waals surface area contributed by atoms with Crippen LogP contribution in [0.1, 0.15) is 10.8 Å². The van der Waals surface area contributed by atoms with Gasteiger partial charge in [0.25, 0.3) is 0 Å². The van der Waals surface area contributed by atoms with Gasteiger partial charge in [-0.3, -0.25) is 0 Å². The molecular weight excluding hydrogens is 294 g/mol. The molecular formula is C16H16F2S2. The Kier molecular flexibility index (Phi) is 5.11. The second-order valence-corrected chi connectivity index (χ2v) is 6.27. The van der Waals surface area contributed by atoms with Crippen molar-refractivity contribution in [2.75, 3.05) is 12.5 Å². The van der Waals surface area contributed by atoms with Crippen LogP contribution in [0.5, 0.6) is 0 Å². The van der Waals surface area contributed by atoms with Crippen molar-refractivity contribution in [3.05, 3.63) is 60.2 Å². The molecule has 0 aliphatic rings. The summed E-state index contributed by atoms with van der Waals surface area (Å²) in [6.07, 6.45) is 3.17. The normalized spacial score (nSPS) is 13.2. The van der Waals surface area contributed by atoms with E-state index in [4.69, 9.17) is 0 Å². The minimum Gasteiger partial charge on any atom is -0.193 e. The third-order valence-electron chi connectivity index (χ3n) is 3.13. The monoisotopic (exact) mass is 310 g/mol. The van der Waals surface area contributed by atoms with Gasteiger partial charge >= 0.3 is 5.25 Å². The molecule has 0 bridgehead atoms. The third kappa shape index (κ3) is 3.36. The molecule has 0 saturated carbocycles. The van der Waals surface area contributed by atoms with Crippen LogP contribution in [0.2, 0.25) is 0 Å². The third-order valence-corrected chi connectivity index (χ3v) is 5.10. The lowest BCUT2D eigenvalue weighted by Crippen LogP contribution is -2.19. The average molecular weight is 310 g/mol. The molecule has 0 fully saturated rings. The summed E-state index contributed by atoms with van der Waals surface area (Å²) in [6.45, 7) is 0. The number of hydrogen-bond donors (Lipinski definition) is 0. The molecule has 106 valence electrons. The minimum absolute atomic E-state index is 0.601. The van der Waals surface area contributed by atoms with Gasteiger partial charge in [-0.15, -0.1) is 11.8 Å². The Bertz CT molecular complexity index is 538. The predicted molar refractivity (Wildman–Crippen MR) is 86.6 cm³/mol. The molecule has 2 aromatic carbocycles. The lowest BCUT2D eigenvalue weighted by molar-refractivity contribution is 0.104. The first kappa shape index (κ1) is 15.4. The van der Waals surface area contributed by atoms with Gasteiger partial charge < -0.3 is 0 Å². The van der Waals surface area contributed by atoms with E-state index in [9.17, 15) is 8.78 Å². The van der Waals surface area contributed by atoms with Crippen LogP contribution < -0.4 is 0 Å². The molecule has 0 N–H and O–H groups in total. The molecule has 2 rings (SSSR count). The van der Waals surface area contributed by atoms with Crippen molar-refractivity contribution in [3.8, 4) is 11.1 Å². The second kappa shape index (κ2) is 6.64. The Labute approximate surface area is 127 Å². The number of benzene rings is 2. The van der Waals surface area contributed by atoms with Crippen LogP contribution >= 0.6 is 23.5 Å². The molecule has 0 spiro atoms. The molecule has 4 heteroatoms. The van der Waals surface area contributed by atoms with Crippen molar-refractivity contribution in [2.45, 2.75) is 10.5 Å². The van der Waals surface area contributed by atoms with Crippen LogP contribution in [0.3, 0.4) is 0 Å². The average Bonchev–Trinajstić information content (AvgIpc) is 2.49. The molecule has 0 nitrogen and oxygen atoms in total. The highest BCUT2D eigenvalue weighted by molar-refractivity contribution is 8.03. The van der Waals surface area contributed by atoms with E-state index in [1.807, 2.05) is 42.5 Å². The molecule has 20 heavy (non-hydrogen) atoms. The van der Waals surface area contributed by atoms with Crippen molar-refractivity contribution in [2.24, 2.45) is 0 Å². The molecule has 0 amide bonds. The van der Waals surface area contributed by atoms with Gasteiger partial charge in [-0.25, -0.2) is 0 Å². The number of rotatable bonds is 5. The van der Waals surface area contributed by atoms with Gasteiger partial charge in [0.05, 0.1) is 0 Å². The van der Waals surface area contributed by atoms with Crippen molar-refractivity contribution < 1.29 is 8.78 Å². The van der Waals surface area contributed by atoms with Crippen molar-refractivity contribution >= 4 is 23.5 Å². The molecule has 0 saturated heterocycles. The van der Waals surface area contributed by atoms with E-state index in [1.165, 1.54) is 18.0 Å². The summed E-state index contributed by atoms with van der Waals surface area (Å²) >= 11 is 1.79. The summed E-state index contributed by atoms with van der Waals surface area (Å²) < 4.78 is 27.7.